The van der Waals surface area contributed by atoms with Gasteiger partial charge in [0.1, 0.15) is 17.3 Å². The van der Waals surface area contributed by atoms with E-state index in [0.29, 0.717) is 30.3 Å². The van der Waals surface area contributed by atoms with Crippen molar-refractivity contribution < 1.29 is 62.5 Å². The van der Waals surface area contributed by atoms with Crippen LogP contribution < -0.4 is 10.1 Å². The number of hydrogen-bond acceptors (Lipinski definition) is 3. The number of aliphatic hydroxyl groups excluding tert-OH is 1. The molecular weight excluding hydrogens is 574 g/mol. The van der Waals surface area contributed by atoms with Crippen molar-refractivity contribution in [3.8, 4) is 11.5 Å². The summed E-state index contributed by atoms with van der Waals surface area (Å²) in [5, 5.41) is 11.5. The zero-order chi connectivity index (χ0) is 30.1. The van der Waals surface area contributed by atoms with Crippen LogP contribution in [0.15, 0.2) is 66.7 Å². The maximum Gasteiger partial charge on any atom is 0.458 e. The summed E-state index contributed by atoms with van der Waals surface area (Å²) in [6.07, 6.45) is -19.0. The second-order valence-corrected chi connectivity index (χ2v) is 8.41. The predicted octanol–water partition coefficient (Wildman–Crippen LogP) is 7.89. The van der Waals surface area contributed by atoms with Gasteiger partial charge in [0.2, 0.25) is 0 Å². The fourth-order valence-electron chi connectivity index (χ4n) is 3.51. The maximum atomic E-state index is 14.7. The Morgan fingerprint density at radius 3 is 1.90 bits per heavy atom. The standard InChI is InChI=1S/C25H17F12NO2/c26-19-8-7-15(23(29,30)31)11-18(19)21(38-12-20(39)24(32,33)34)13-3-1-5-16(9-13)40-17-6-2-4-14(10-17)22(27,28)25(35,36)37/h1-11,20-21,38-39H,12H2. The van der Waals surface area contributed by atoms with Crippen LogP contribution in [0.25, 0.3) is 0 Å². The van der Waals surface area contributed by atoms with E-state index >= 15 is 0 Å². The molecule has 3 nitrogen and oxygen atoms in total. The molecular formula is C25H17F12NO2. The van der Waals surface area contributed by atoms with Crippen LogP contribution in [0.4, 0.5) is 52.7 Å². The molecule has 0 amide bonds. The van der Waals surface area contributed by atoms with E-state index in [4.69, 9.17) is 4.74 Å². The Bertz CT molecular complexity index is 1320. The highest BCUT2D eigenvalue weighted by atomic mass is 19.4. The van der Waals surface area contributed by atoms with Crippen LogP contribution in [0.5, 0.6) is 11.5 Å². The summed E-state index contributed by atoms with van der Waals surface area (Å²) in [5.74, 6) is -7.29. The molecule has 0 aromatic heterocycles. The van der Waals surface area contributed by atoms with Crippen LogP contribution in [0.3, 0.4) is 0 Å². The molecule has 0 aliphatic heterocycles. The average molecular weight is 591 g/mol. The molecule has 0 saturated heterocycles. The van der Waals surface area contributed by atoms with Crippen molar-refractivity contribution in [1.29, 1.82) is 0 Å². The lowest BCUT2D eigenvalue weighted by molar-refractivity contribution is -0.289. The summed E-state index contributed by atoms with van der Waals surface area (Å²) in [7, 11) is 0. The highest BCUT2D eigenvalue weighted by Gasteiger charge is 2.58. The molecule has 0 fully saturated rings. The monoisotopic (exact) mass is 591 g/mol. The van der Waals surface area contributed by atoms with E-state index in [0.717, 1.165) is 30.3 Å². The Labute approximate surface area is 218 Å². The minimum Gasteiger partial charge on any atom is -0.457 e. The quantitative estimate of drug-likeness (QED) is 0.262. The molecule has 3 aromatic carbocycles. The Morgan fingerprint density at radius 1 is 0.725 bits per heavy atom. The Balaban J connectivity index is 2.01. The lowest BCUT2D eigenvalue weighted by Gasteiger charge is -2.24. The summed E-state index contributed by atoms with van der Waals surface area (Å²) in [6.45, 7) is -1.27. The van der Waals surface area contributed by atoms with Gasteiger partial charge < -0.3 is 15.2 Å². The first kappa shape index (κ1) is 31.1. The SMILES string of the molecule is OC(CNC(c1cccc(Oc2cccc(C(F)(F)C(F)(F)F)c2)c1)c1cc(C(F)(F)F)ccc1F)C(F)(F)F. The summed E-state index contributed by atoms with van der Waals surface area (Å²) >= 11 is 0. The number of ether oxygens (including phenoxy) is 1. The number of rotatable bonds is 8. The van der Waals surface area contributed by atoms with Crippen molar-refractivity contribution >= 4 is 0 Å². The Hall–Kier alpha value is -3.46. The van der Waals surface area contributed by atoms with Crippen molar-refractivity contribution in [3.05, 3.63) is 94.8 Å². The molecule has 2 atom stereocenters. The summed E-state index contributed by atoms with van der Waals surface area (Å²) in [4.78, 5) is 0. The van der Waals surface area contributed by atoms with Gasteiger partial charge in [0.15, 0.2) is 6.10 Å². The van der Waals surface area contributed by atoms with Crippen LogP contribution in [-0.2, 0) is 12.1 Å². The van der Waals surface area contributed by atoms with Crippen LogP contribution >= 0.6 is 0 Å². The van der Waals surface area contributed by atoms with Crippen molar-refractivity contribution in [3.63, 3.8) is 0 Å². The fourth-order valence-corrected chi connectivity index (χ4v) is 3.51. The molecule has 2 N–H and O–H groups in total. The van der Waals surface area contributed by atoms with Crippen molar-refractivity contribution in [2.75, 3.05) is 6.54 Å². The number of nitrogens with one attached hydrogen (secondary N) is 1. The first-order valence-corrected chi connectivity index (χ1v) is 11.0. The van der Waals surface area contributed by atoms with E-state index in [2.05, 4.69) is 5.32 Å². The predicted molar refractivity (Wildman–Crippen MR) is 116 cm³/mol. The molecule has 0 spiro atoms. The third kappa shape index (κ3) is 7.18. The van der Waals surface area contributed by atoms with Gasteiger partial charge in [-0.15, -0.1) is 0 Å². The van der Waals surface area contributed by atoms with Gasteiger partial charge in [-0.3, -0.25) is 0 Å². The molecule has 3 rings (SSSR count). The van der Waals surface area contributed by atoms with Gasteiger partial charge in [-0.25, -0.2) is 4.39 Å². The highest BCUT2D eigenvalue weighted by Crippen LogP contribution is 2.45. The minimum absolute atomic E-state index is 0.193. The van der Waals surface area contributed by atoms with Gasteiger partial charge >= 0.3 is 24.5 Å². The van der Waals surface area contributed by atoms with Crippen LogP contribution in [0.2, 0.25) is 0 Å². The number of alkyl halides is 11. The Morgan fingerprint density at radius 2 is 1.32 bits per heavy atom. The second-order valence-electron chi connectivity index (χ2n) is 8.41. The first-order chi connectivity index (χ1) is 18.3. The second kappa shape index (κ2) is 11.2. The van der Waals surface area contributed by atoms with Gasteiger partial charge in [-0.05, 0) is 48.0 Å². The van der Waals surface area contributed by atoms with E-state index in [1.165, 1.54) is 6.07 Å². The zero-order valence-corrected chi connectivity index (χ0v) is 19.6. The molecule has 0 saturated carbocycles. The van der Waals surface area contributed by atoms with Gasteiger partial charge in [-0.2, -0.15) is 48.3 Å². The van der Waals surface area contributed by atoms with Crippen molar-refractivity contribution in [2.45, 2.75) is 36.6 Å². The lowest BCUT2D eigenvalue weighted by atomic mass is 9.95. The summed E-state index contributed by atoms with van der Waals surface area (Å²) < 4.78 is 164. The van der Waals surface area contributed by atoms with Gasteiger partial charge in [0.05, 0.1) is 11.6 Å². The fraction of sp³-hybridized carbons (Fsp3) is 0.280. The number of halogens is 12. The van der Waals surface area contributed by atoms with E-state index in [1.807, 2.05) is 0 Å². The molecule has 2 unspecified atom stereocenters. The molecule has 40 heavy (non-hydrogen) atoms. The van der Waals surface area contributed by atoms with E-state index in [9.17, 15) is 57.8 Å². The molecule has 15 heteroatoms. The normalized spacial score (nSPS) is 14.6. The zero-order valence-electron chi connectivity index (χ0n) is 19.6. The summed E-state index contributed by atoms with van der Waals surface area (Å²) in [6, 6.07) is 6.68. The molecule has 0 heterocycles. The first-order valence-electron chi connectivity index (χ1n) is 11.0. The molecule has 0 bridgehead atoms. The van der Waals surface area contributed by atoms with Gasteiger partial charge in [0.25, 0.3) is 0 Å². The highest BCUT2D eigenvalue weighted by molar-refractivity contribution is 5.42. The van der Waals surface area contributed by atoms with Gasteiger partial charge in [0, 0.05) is 17.7 Å². The van der Waals surface area contributed by atoms with Crippen molar-refractivity contribution in [1.82, 2.24) is 5.32 Å². The average Bonchev–Trinajstić information content (AvgIpc) is 2.83. The number of hydrogen-bond donors (Lipinski definition) is 2. The van der Waals surface area contributed by atoms with Crippen LogP contribution in [0, 0.1) is 5.82 Å². The van der Waals surface area contributed by atoms with Crippen LogP contribution in [0.1, 0.15) is 28.3 Å². The smallest absolute Gasteiger partial charge is 0.457 e. The van der Waals surface area contributed by atoms with Crippen molar-refractivity contribution in [2.24, 2.45) is 0 Å². The van der Waals surface area contributed by atoms with Crippen LogP contribution in [-0.4, -0.2) is 30.1 Å². The number of benzene rings is 3. The summed E-state index contributed by atoms with van der Waals surface area (Å²) in [5.41, 5.74) is -3.74. The number of aliphatic hydroxyl groups is 1. The van der Waals surface area contributed by atoms with Gasteiger partial charge in [-0.1, -0.05) is 24.3 Å². The minimum atomic E-state index is -5.92. The van der Waals surface area contributed by atoms with E-state index in [-0.39, 0.29) is 11.3 Å². The lowest BCUT2D eigenvalue weighted by Crippen LogP contribution is -2.40. The molecule has 218 valence electrons. The molecule has 0 radical (unpaired) electrons. The largest absolute Gasteiger partial charge is 0.458 e. The maximum absolute atomic E-state index is 14.7. The molecule has 3 aromatic rings. The third-order valence-corrected chi connectivity index (χ3v) is 5.51. The molecule has 0 aliphatic rings. The third-order valence-electron chi connectivity index (χ3n) is 5.51. The topological polar surface area (TPSA) is 41.5 Å². The Kier molecular flexibility index (Phi) is 8.70. The van der Waals surface area contributed by atoms with E-state index in [1.54, 1.807) is 0 Å². The molecule has 0 aliphatic carbocycles. The van der Waals surface area contributed by atoms with E-state index < -0.39 is 71.4 Å².